The SMILES string of the molecule is CC(C)(O)Cn1c(CNC(=O)C2CC2)nc2c(N)nc3cccnc3c21. The van der Waals surface area contributed by atoms with Crippen LogP contribution in [0.2, 0.25) is 0 Å². The first-order valence-electron chi connectivity index (χ1n) is 8.73. The fraction of sp³-hybridized carbons (Fsp3) is 0.444. The van der Waals surface area contributed by atoms with Crippen molar-refractivity contribution in [1.82, 2.24) is 24.8 Å². The summed E-state index contributed by atoms with van der Waals surface area (Å²) in [4.78, 5) is 25.4. The second kappa shape index (κ2) is 5.91. The predicted molar refractivity (Wildman–Crippen MR) is 98.1 cm³/mol. The Morgan fingerprint density at radius 1 is 1.38 bits per heavy atom. The molecule has 1 saturated carbocycles. The van der Waals surface area contributed by atoms with Crippen LogP contribution < -0.4 is 11.1 Å². The van der Waals surface area contributed by atoms with E-state index in [4.69, 9.17) is 5.73 Å². The lowest BCUT2D eigenvalue weighted by molar-refractivity contribution is -0.122. The summed E-state index contributed by atoms with van der Waals surface area (Å²) in [5, 5.41) is 13.3. The molecule has 4 N–H and O–H groups in total. The van der Waals surface area contributed by atoms with Gasteiger partial charge in [-0.3, -0.25) is 9.78 Å². The molecule has 1 aliphatic rings. The molecular weight excluding hydrogens is 332 g/mol. The van der Waals surface area contributed by atoms with E-state index in [-0.39, 0.29) is 18.4 Å². The number of nitrogen functional groups attached to an aromatic ring is 1. The van der Waals surface area contributed by atoms with Gasteiger partial charge in [0, 0.05) is 12.1 Å². The number of anilines is 1. The maximum absolute atomic E-state index is 12.0. The topological polar surface area (TPSA) is 119 Å². The summed E-state index contributed by atoms with van der Waals surface area (Å²) in [6.45, 7) is 4.03. The number of pyridine rings is 2. The molecule has 136 valence electrons. The number of carbonyl (C=O) groups excluding carboxylic acids is 1. The Kier molecular flexibility index (Phi) is 3.80. The Morgan fingerprint density at radius 2 is 2.15 bits per heavy atom. The average Bonchev–Trinajstić information content (AvgIpc) is 3.36. The summed E-state index contributed by atoms with van der Waals surface area (Å²) in [7, 11) is 0. The van der Waals surface area contributed by atoms with Crippen LogP contribution in [0.5, 0.6) is 0 Å². The zero-order valence-electron chi connectivity index (χ0n) is 14.9. The third kappa shape index (κ3) is 3.08. The number of aromatic nitrogens is 4. The maximum Gasteiger partial charge on any atom is 0.223 e. The molecule has 8 nitrogen and oxygen atoms in total. The van der Waals surface area contributed by atoms with Crippen LogP contribution in [0.25, 0.3) is 22.1 Å². The maximum atomic E-state index is 12.0. The van der Waals surface area contributed by atoms with Crippen LogP contribution in [-0.4, -0.2) is 36.1 Å². The van der Waals surface area contributed by atoms with E-state index in [0.29, 0.717) is 34.7 Å². The molecule has 26 heavy (non-hydrogen) atoms. The Labute approximate surface area is 150 Å². The van der Waals surface area contributed by atoms with E-state index in [9.17, 15) is 9.90 Å². The van der Waals surface area contributed by atoms with Crippen molar-refractivity contribution in [1.29, 1.82) is 0 Å². The highest BCUT2D eigenvalue weighted by Crippen LogP contribution is 2.30. The standard InChI is InChI=1S/C18H22N6O2/c1-18(2,26)9-24-12(8-21-17(25)10-5-6-10)23-14-15(24)13-11(22-16(14)19)4-3-7-20-13/h3-4,7,10,26H,5-6,8-9H2,1-2H3,(H2,19,22)(H,21,25). The Balaban J connectivity index is 1.86. The van der Waals surface area contributed by atoms with Crippen molar-refractivity contribution in [3.05, 3.63) is 24.2 Å². The third-order valence-electron chi connectivity index (χ3n) is 4.45. The van der Waals surface area contributed by atoms with E-state index in [1.165, 1.54) is 0 Å². The van der Waals surface area contributed by atoms with Crippen LogP contribution in [0, 0.1) is 5.92 Å². The van der Waals surface area contributed by atoms with E-state index in [1.807, 2.05) is 10.6 Å². The lowest BCUT2D eigenvalue weighted by Crippen LogP contribution is -2.30. The molecule has 0 radical (unpaired) electrons. The van der Waals surface area contributed by atoms with Gasteiger partial charge in [0.1, 0.15) is 22.4 Å². The number of nitrogens with one attached hydrogen (secondary N) is 1. The van der Waals surface area contributed by atoms with Crippen molar-refractivity contribution in [3.8, 4) is 0 Å². The van der Waals surface area contributed by atoms with E-state index in [1.54, 1.807) is 26.1 Å². The van der Waals surface area contributed by atoms with Crippen molar-refractivity contribution in [2.45, 2.75) is 45.4 Å². The van der Waals surface area contributed by atoms with Gasteiger partial charge in [-0.15, -0.1) is 0 Å². The number of fused-ring (bicyclic) bond motifs is 3. The minimum Gasteiger partial charge on any atom is -0.389 e. The number of hydrogen-bond donors (Lipinski definition) is 3. The molecule has 3 heterocycles. The quantitative estimate of drug-likeness (QED) is 0.636. The molecular formula is C18H22N6O2. The van der Waals surface area contributed by atoms with Gasteiger partial charge in [0.05, 0.1) is 24.2 Å². The number of nitrogens with zero attached hydrogens (tertiary/aromatic N) is 4. The number of nitrogens with two attached hydrogens (primary N) is 1. The van der Waals surface area contributed by atoms with E-state index in [0.717, 1.165) is 18.4 Å². The minimum absolute atomic E-state index is 0.0425. The van der Waals surface area contributed by atoms with Crippen molar-refractivity contribution in [3.63, 3.8) is 0 Å². The first kappa shape index (κ1) is 16.7. The summed E-state index contributed by atoms with van der Waals surface area (Å²) in [6.07, 6.45) is 3.57. The van der Waals surface area contributed by atoms with Crippen LogP contribution in [-0.2, 0) is 17.9 Å². The summed E-state index contributed by atoms with van der Waals surface area (Å²) in [6, 6.07) is 3.64. The van der Waals surface area contributed by atoms with Gasteiger partial charge < -0.3 is 20.7 Å². The highest BCUT2D eigenvalue weighted by molar-refractivity contribution is 6.04. The van der Waals surface area contributed by atoms with Gasteiger partial charge in [0.2, 0.25) is 5.91 Å². The molecule has 0 spiro atoms. The Hall–Kier alpha value is -2.74. The van der Waals surface area contributed by atoms with Crippen LogP contribution in [0.4, 0.5) is 5.82 Å². The average molecular weight is 354 g/mol. The molecule has 1 fully saturated rings. The van der Waals surface area contributed by atoms with Gasteiger partial charge >= 0.3 is 0 Å². The van der Waals surface area contributed by atoms with Gasteiger partial charge in [-0.25, -0.2) is 9.97 Å². The predicted octanol–water partition coefficient (Wildman–Crippen LogP) is 1.36. The molecule has 0 bridgehead atoms. The molecule has 0 atom stereocenters. The molecule has 3 aromatic heterocycles. The number of amides is 1. The molecule has 0 aromatic carbocycles. The molecule has 0 saturated heterocycles. The van der Waals surface area contributed by atoms with Crippen LogP contribution in [0.3, 0.4) is 0 Å². The smallest absolute Gasteiger partial charge is 0.223 e. The summed E-state index contributed by atoms with van der Waals surface area (Å²) >= 11 is 0. The highest BCUT2D eigenvalue weighted by Gasteiger charge is 2.30. The van der Waals surface area contributed by atoms with Crippen molar-refractivity contribution in [2.75, 3.05) is 5.73 Å². The Morgan fingerprint density at radius 3 is 2.85 bits per heavy atom. The second-order valence-electron chi connectivity index (χ2n) is 7.48. The fourth-order valence-electron chi connectivity index (χ4n) is 3.12. The first-order valence-corrected chi connectivity index (χ1v) is 8.73. The lowest BCUT2D eigenvalue weighted by Gasteiger charge is -2.20. The molecule has 0 aliphatic heterocycles. The summed E-state index contributed by atoms with van der Waals surface area (Å²) < 4.78 is 1.88. The number of rotatable bonds is 5. The number of aliphatic hydroxyl groups is 1. The number of imidazole rings is 1. The first-order chi connectivity index (χ1) is 12.3. The van der Waals surface area contributed by atoms with Gasteiger partial charge in [0.15, 0.2) is 5.82 Å². The fourth-order valence-corrected chi connectivity index (χ4v) is 3.12. The number of carbonyl (C=O) groups is 1. The molecule has 4 rings (SSSR count). The minimum atomic E-state index is -0.970. The number of hydrogen-bond acceptors (Lipinski definition) is 6. The van der Waals surface area contributed by atoms with Gasteiger partial charge in [0.25, 0.3) is 0 Å². The van der Waals surface area contributed by atoms with Crippen molar-refractivity contribution >= 4 is 33.8 Å². The van der Waals surface area contributed by atoms with Crippen molar-refractivity contribution < 1.29 is 9.90 Å². The Bertz CT molecular complexity index is 1000. The molecule has 1 aliphatic carbocycles. The molecule has 3 aromatic rings. The van der Waals surface area contributed by atoms with Gasteiger partial charge in [-0.05, 0) is 38.8 Å². The van der Waals surface area contributed by atoms with E-state index < -0.39 is 5.60 Å². The van der Waals surface area contributed by atoms with Crippen LogP contribution in [0.15, 0.2) is 18.3 Å². The van der Waals surface area contributed by atoms with Gasteiger partial charge in [-0.1, -0.05) is 0 Å². The summed E-state index contributed by atoms with van der Waals surface area (Å²) in [5.41, 5.74) is 7.76. The van der Waals surface area contributed by atoms with Gasteiger partial charge in [-0.2, -0.15) is 0 Å². The second-order valence-corrected chi connectivity index (χ2v) is 7.48. The van der Waals surface area contributed by atoms with E-state index in [2.05, 4.69) is 20.3 Å². The van der Waals surface area contributed by atoms with Crippen molar-refractivity contribution in [2.24, 2.45) is 5.92 Å². The molecule has 1 amide bonds. The van der Waals surface area contributed by atoms with Crippen LogP contribution in [0.1, 0.15) is 32.5 Å². The highest BCUT2D eigenvalue weighted by atomic mass is 16.3. The normalized spacial score (nSPS) is 14.9. The molecule has 8 heteroatoms. The largest absolute Gasteiger partial charge is 0.389 e. The van der Waals surface area contributed by atoms with E-state index >= 15 is 0 Å². The molecule has 0 unspecified atom stereocenters. The van der Waals surface area contributed by atoms with Crippen LogP contribution >= 0.6 is 0 Å². The zero-order chi connectivity index (χ0) is 18.5. The monoisotopic (exact) mass is 354 g/mol. The third-order valence-corrected chi connectivity index (χ3v) is 4.45. The lowest BCUT2D eigenvalue weighted by atomic mass is 10.1. The zero-order valence-corrected chi connectivity index (χ0v) is 14.9. The summed E-state index contributed by atoms with van der Waals surface area (Å²) in [5.74, 6) is 1.10.